The van der Waals surface area contributed by atoms with Gasteiger partial charge in [0.25, 0.3) is 11.8 Å². The molecule has 1 aliphatic carbocycles. The Morgan fingerprint density at radius 1 is 0.925 bits per heavy atom. The Morgan fingerprint density at radius 2 is 1.68 bits per heavy atom. The third-order valence-corrected chi connectivity index (χ3v) is 7.38. The van der Waals surface area contributed by atoms with E-state index in [4.69, 9.17) is 4.42 Å². The van der Waals surface area contributed by atoms with E-state index < -0.39 is 5.54 Å². The minimum atomic E-state index is -0.539. The van der Waals surface area contributed by atoms with Gasteiger partial charge in [0, 0.05) is 35.5 Å². The standard InChI is InChI=1S/C32H27FN4O3/c1-18-4-5-22(29(38)37-32(13-14-32)31-35-15-12-19(2)36-31)17-24(18)21-8-11-26-25(16-21)27(30(39)34-3)28(40-26)20-6-9-23(33)10-7-20/h4-12,15-17H,13-14H2,1-3H3,(H,34,39)(H,37,38). The van der Waals surface area contributed by atoms with Crippen LogP contribution in [-0.2, 0) is 5.54 Å². The van der Waals surface area contributed by atoms with Crippen molar-refractivity contribution in [3.63, 3.8) is 0 Å². The molecular formula is C32H27FN4O3. The number of rotatable bonds is 6. The van der Waals surface area contributed by atoms with Gasteiger partial charge in [-0.05, 0) is 98.0 Å². The average molecular weight is 535 g/mol. The zero-order valence-electron chi connectivity index (χ0n) is 22.3. The van der Waals surface area contributed by atoms with Crippen LogP contribution in [0.5, 0.6) is 0 Å². The normalized spacial score (nSPS) is 13.7. The maximum absolute atomic E-state index is 13.6. The van der Waals surface area contributed by atoms with Crippen molar-refractivity contribution in [1.29, 1.82) is 0 Å². The molecule has 1 saturated carbocycles. The maximum Gasteiger partial charge on any atom is 0.255 e. The zero-order valence-corrected chi connectivity index (χ0v) is 22.3. The fourth-order valence-electron chi connectivity index (χ4n) is 4.99. The number of hydrogen-bond acceptors (Lipinski definition) is 5. The van der Waals surface area contributed by atoms with Gasteiger partial charge in [0.2, 0.25) is 0 Å². The van der Waals surface area contributed by atoms with Gasteiger partial charge >= 0.3 is 0 Å². The molecule has 0 aliphatic heterocycles. The van der Waals surface area contributed by atoms with Gasteiger partial charge in [0.15, 0.2) is 5.82 Å². The minimum absolute atomic E-state index is 0.196. The van der Waals surface area contributed by atoms with Crippen LogP contribution in [0.2, 0.25) is 0 Å². The molecule has 3 aromatic carbocycles. The molecule has 1 aliphatic rings. The van der Waals surface area contributed by atoms with Crippen LogP contribution < -0.4 is 10.6 Å². The van der Waals surface area contributed by atoms with E-state index in [1.54, 1.807) is 31.4 Å². The number of carbonyl (C=O) groups is 2. The van der Waals surface area contributed by atoms with Crippen molar-refractivity contribution in [2.75, 3.05) is 7.05 Å². The van der Waals surface area contributed by atoms with Crippen molar-refractivity contribution in [3.8, 4) is 22.5 Å². The first-order chi connectivity index (χ1) is 19.3. The molecule has 0 atom stereocenters. The van der Waals surface area contributed by atoms with E-state index in [1.165, 1.54) is 12.1 Å². The molecule has 0 spiro atoms. The Kier molecular flexibility index (Phi) is 6.18. The molecule has 8 heteroatoms. The second-order valence-electron chi connectivity index (χ2n) is 10.2. The van der Waals surface area contributed by atoms with Crippen molar-refractivity contribution in [2.24, 2.45) is 0 Å². The first-order valence-electron chi connectivity index (χ1n) is 13.1. The van der Waals surface area contributed by atoms with E-state index in [0.717, 1.165) is 35.2 Å². The number of aryl methyl sites for hydroxylation is 2. The highest BCUT2D eigenvalue weighted by molar-refractivity contribution is 6.12. The fraction of sp³-hybridized carbons (Fsp3) is 0.188. The molecule has 7 nitrogen and oxygen atoms in total. The smallest absolute Gasteiger partial charge is 0.255 e. The molecule has 0 bridgehead atoms. The molecule has 0 unspecified atom stereocenters. The molecule has 5 aromatic rings. The topological polar surface area (TPSA) is 97.1 Å². The summed E-state index contributed by atoms with van der Waals surface area (Å²) in [6.07, 6.45) is 3.29. The third-order valence-electron chi connectivity index (χ3n) is 7.38. The van der Waals surface area contributed by atoms with Crippen molar-refractivity contribution in [1.82, 2.24) is 20.6 Å². The van der Waals surface area contributed by atoms with Crippen molar-refractivity contribution < 1.29 is 18.4 Å². The summed E-state index contributed by atoms with van der Waals surface area (Å²) in [6, 6.07) is 18.9. The number of nitrogens with zero attached hydrogens (tertiary/aromatic N) is 2. The van der Waals surface area contributed by atoms with Crippen LogP contribution in [0.1, 0.15) is 50.6 Å². The number of carbonyl (C=O) groups excluding carboxylic acids is 2. The molecule has 0 saturated heterocycles. The van der Waals surface area contributed by atoms with Gasteiger partial charge in [-0.3, -0.25) is 9.59 Å². The Hall–Kier alpha value is -4.85. The predicted molar refractivity (Wildman–Crippen MR) is 150 cm³/mol. The Bertz CT molecular complexity index is 1790. The lowest BCUT2D eigenvalue weighted by Crippen LogP contribution is -2.36. The molecule has 0 radical (unpaired) electrons. The first-order valence-corrected chi connectivity index (χ1v) is 13.1. The van der Waals surface area contributed by atoms with Crippen LogP contribution in [0.25, 0.3) is 33.4 Å². The largest absolute Gasteiger partial charge is 0.455 e. The quantitative estimate of drug-likeness (QED) is 0.275. The second-order valence-corrected chi connectivity index (χ2v) is 10.2. The number of furan rings is 1. The zero-order chi connectivity index (χ0) is 28.0. The van der Waals surface area contributed by atoms with E-state index in [-0.39, 0.29) is 17.6 Å². The number of benzene rings is 3. The van der Waals surface area contributed by atoms with Crippen molar-refractivity contribution in [2.45, 2.75) is 32.2 Å². The lowest BCUT2D eigenvalue weighted by Gasteiger charge is -2.17. The summed E-state index contributed by atoms with van der Waals surface area (Å²) in [4.78, 5) is 35.3. The number of halogens is 1. The van der Waals surface area contributed by atoms with Gasteiger partial charge < -0.3 is 15.1 Å². The molecule has 40 heavy (non-hydrogen) atoms. The van der Waals surface area contributed by atoms with E-state index in [0.29, 0.717) is 39.2 Å². The number of hydrogen-bond donors (Lipinski definition) is 2. The molecule has 2 heterocycles. The SMILES string of the molecule is CNC(=O)c1c(-c2ccc(F)cc2)oc2ccc(-c3cc(C(=O)NC4(c5nccc(C)n5)CC4)ccc3C)cc12. The van der Waals surface area contributed by atoms with Gasteiger partial charge in [-0.25, -0.2) is 14.4 Å². The van der Waals surface area contributed by atoms with Crippen LogP contribution in [0.15, 0.2) is 77.3 Å². The van der Waals surface area contributed by atoms with E-state index >= 15 is 0 Å². The minimum Gasteiger partial charge on any atom is -0.455 e. The van der Waals surface area contributed by atoms with Crippen LogP contribution in [-0.4, -0.2) is 28.8 Å². The van der Waals surface area contributed by atoms with Crippen LogP contribution in [0.4, 0.5) is 4.39 Å². The van der Waals surface area contributed by atoms with Crippen molar-refractivity contribution in [3.05, 3.63) is 107 Å². The Balaban J connectivity index is 1.38. The van der Waals surface area contributed by atoms with Crippen LogP contribution in [0.3, 0.4) is 0 Å². The van der Waals surface area contributed by atoms with Crippen LogP contribution in [0, 0.1) is 19.7 Å². The summed E-state index contributed by atoms with van der Waals surface area (Å²) in [5, 5.41) is 6.46. The summed E-state index contributed by atoms with van der Waals surface area (Å²) in [5.41, 5.74) is 5.00. The monoisotopic (exact) mass is 534 g/mol. The van der Waals surface area contributed by atoms with E-state index in [9.17, 15) is 14.0 Å². The van der Waals surface area contributed by atoms with Crippen molar-refractivity contribution >= 4 is 22.8 Å². The number of fused-ring (bicyclic) bond motifs is 1. The van der Waals surface area contributed by atoms with Gasteiger partial charge in [-0.15, -0.1) is 0 Å². The lowest BCUT2D eigenvalue weighted by atomic mass is 9.95. The molecule has 2 N–H and O–H groups in total. The molecule has 200 valence electrons. The summed E-state index contributed by atoms with van der Waals surface area (Å²) in [7, 11) is 1.56. The Labute approximate surface area is 230 Å². The molecule has 1 fully saturated rings. The third kappa shape index (κ3) is 4.51. The predicted octanol–water partition coefficient (Wildman–Crippen LogP) is 6.09. The molecule has 2 aromatic heterocycles. The van der Waals surface area contributed by atoms with E-state index in [1.807, 2.05) is 50.2 Å². The summed E-state index contributed by atoms with van der Waals surface area (Å²) in [6.45, 7) is 3.88. The second kappa shape index (κ2) is 9.72. The fourth-order valence-corrected chi connectivity index (χ4v) is 4.99. The lowest BCUT2D eigenvalue weighted by molar-refractivity contribution is 0.0926. The highest BCUT2D eigenvalue weighted by Gasteiger charge is 2.48. The number of amides is 2. The first kappa shape index (κ1) is 25.4. The molecule has 2 amide bonds. The van der Waals surface area contributed by atoms with Gasteiger partial charge in [-0.1, -0.05) is 12.1 Å². The maximum atomic E-state index is 13.6. The van der Waals surface area contributed by atoms with Gasteiger partial charge in [0.1, 0.15) is 22.7 Å². The Morgan fingerprint density at radius 3 is 2.38 bits per heavy atom. The molecular weight excluding hydrogens is 507 g/mol. The highest BCUT2D eigenvalue weighted by Crippen LogP contribution is 2.44. The summed E-state index contributed by atoms with van der Waals surface area (Å²) in [5.74, 6) is 0.120. The molecule has 6 rings (SSSR count). The van der Waals surface area contributed by atoms with Gasteiger partial charge in [-0.2, -0.15) is 0 Å². The average Bonchev–Trinajstić information content (AvgIpc) is 3.64. The summed E-state index contributed by atoms with van der Waals surface area (Å²) >= 11 is 0. The van der Waals surface area contributed by atoms with Gasteiger partial charge in [0.05, 0.1) is 5.56 Å². The number of nitrogens with one attached hydrogen (secondary N) is 2. The highest BCUT2D eigenvalue weighted by atomic mass is 19.1. The summed E-state index contributed by atoms with van der Waals surface area (Å²) < 4.78 is 19.6. The number of aromatic nitrogens is 2. The van der Waals surface area contributed by atoms with Crippen LogP contribution >= 0.6 is 0 Å². The van der Waals surface area contributed by atoms with E-state index in [2.05, 4.69) is 20.6 Å².